The Morgan fingerprint density at radius 3 is 1.24 bits per heavy atom. The fourth-order valence-electron chi connectivity index (χ4n) is 6.44. The molecular weight excluding hydrogens is 856 g/mol. The minimum atomic E-state index is -4.76. The third-order valence-electron chi connectivity index (χ3n) is 10.3. The van der Waals surface area contributed by atoms with Gasteiger partial charge in [0.2, 0.25) is 0 Å². The van der Waals surface area contributed by atoms with Gasteiger partial charge in [-0.25, -0.2) is 4.57 Å². The lowest BCUT2D eigenvalue weighted by Gasteiger charge is -2.21. The predicted molar refractivity (Wildman–Crippen MR) is 270 cm³/mol. The highest BCUT2D eigenvalue weighted by Gasteiger charge is 2.28. The molecule has 0 bridgehead atoms. The highest BCUT2D eigenvalue weighted by molar-refractivity contribution is 7.47. The summed E-state index contributed by atoms with van der Waals surface area (Å²) in [7, 11) is -4.76. The molecule has 378 valence electrons. The van der Waals surface area contributed by atoms with Crippen LogP contribution in [0.2, 0.25) is 0 Å². The van der Waals surface area contributed by atoms with E-state index in [1.54, 1.807) is 0 Å². The Morgan fingerprint density at radius 1 is 0.439 bits per heavy atom. The fourth-order valence-corrected chi connectivity index (χ4v) is 7.22. The summed E-state index contributed by atoms with van der Waals surface area (Å²) in [6.45, 7) is 4.29. The number of carbonyl (C=O) groups excluding carboxylic acids is 3. The van der Waals surface area contributed by atoms with E-state index >= 15 is 0 Å². The van der Waals surface area contributed by atoms with E-state index in [-0.39, 0.29) is 25.9 Å². The number of aliphatic hydroxyl groups is 1. The molecule has 12 heteroatoms. The summed E-state index contributed by atoms with van der Waals surface area (Å²) in [5.41, 5.74) is 0. The summed E-state index contributed by atoms with van der Waals surface area (Å²) in [4.78, 5) is 48.2. The zero-order chi connectivity index (χ0) is 48.4. The molecular formula is C54H91O11P. The quantitative estimate of drug-likeness (QED) is 0.0197. The SMILES string of the molecule is CC/C=C\C/C=C\C/C=C\CCCCCC(=O)OCC(COP(=O)(O)OCC(CO)OC(=O)CCCCCCC/C=C\CCCCCC)OC(=O)CCCCC/C=C\C/C=C\C/C=C\CC. The molecule has 11 nitrogen and oxygen atoms in total. The molecule has 0 radical (unpaired) electrons. The standard InChI is InChI=1S/C54H91O11P/c1-4-7-10-13-16-19-22-25-28-31-34-37-40-43-52(56)61-47-51(65-54(58)45-42-39-36-33-30-27-24-21-18-15-12-9-6-3)49-63-66(59,60)62-48-50(46-55)64-53(57)44-41-38-35-32-29-26-23-20-17-14-11-8-5-2/h7,9-10,12,16,18-21,23,25,27-28,30,50-51,55H,4-6,8,11,13-15,17,22,24,26,29,31-49H2,1-3H3,(H,59,60)/b10-7-,12-9-,19-16-,21-18-,23-20-,28-25-,30-27-. The van der Waals surface area contributed by atoms with Crippen molar-refractivity contribution < 1.29 is 52.2 Å². The van der Waals surface area contributed by atoms with Crippen LogP contribution >= 0.6 is 7.82 Å². The fraction of sp³-hybridized carbons (Fsp3) is 0.685. The minimum absolute atomic E-state index is 0.122. The largest absolute Gasteiger partial charge is 0.472 e. The lowest BCUT2D eigenvalue weighted by Crippen LogP contribution is -2.30. The van der Waals surface area contributed by atoms with Crippen LogP contribution in [0, 0.1) is 0 Å². The zero-order valence-electron chi connectivity index (χ0n) is 41.4. The lowest BCUT2D eigenvalue weighted by molar-refractivity contribution is -0.161. The molecule has 0 aromatic rings. The molecule has 0 saturated carbocycles. The van der Waals surface area contributed by atoms with Crippen LogP contribution in [0.1, 0.15) is 201 Å². The number of rotatable bonds is 46. The molecule has 3 atom stereocenters. The number of carbonyl (C=O) groups is 3. The highest BCUT2D eigenvalue weighted by atomic mass is 31.2. The number of esters is 3. The number of phosphoric ester groups is 1. The molecule has 0 amide bonds. The van der Waals surface area contributed by atoms with Crippen molar-refractivity contribution in [2.45, 2.75) is 213 Å². The molecule has 66 heavy (non-hydrogen) atoms. The predicted octanol–water partition coefficient (Wildman–Crippen LogP) is 14.4. The number of hydrogen-bond donors (Lipinski definition) is 2. The lowest BCUT2D eigenvalue weighted by atomic mass is 10.1. The maximum atomic E-state index is 12.8. The van der Waals surface area contributed by atoms with Gasteiger partial charge in [-0.15, -0.1) is 0 Å². The molecule has 0 spiro atoms. The summed E-state index contributed by atoms with van der Waals surface area (Å²) >= 11 is 0. The maximum Gasteiger partial charge on any atom is 0.472 e. The third kappa shape index (κ3) is 45.8. The van der Waals surface area contributed by atoms with Crippen molar-refractivity contribution in [3.8, 4) is 0 Å². The first-order valence-electron chi connectivity index (χ1n) is 25.5. The Morgan fingerprint density at radius 2 is 0.788 bits per heavy atom. The third-order valence-corrected chi connectivity index (χ3v) is 11.2. The van der Waals surface area contributed by atoms with Crippen LogP contribution in [-0.4, -0.2) is 66.5 Å². The first-order chi connectivity index (χ1) is 32.2. The molecule has 0 fully saturated rings. The van der Waals surface area contributed by atoms with E-state index in [1.165, 1.54) is 25.7 Å². The summed E-state index contributed by atoms with van der Waals surface area (Å²) in [6.07, 6.45) is 52.8. The van der Waals surface area contributed by atoms with Crippen molar-refractivity contribution in [1.29, 1.82) is 0 Å². The van der Waals surface area contributed by atoms with Gasteiger partial charge >= 0.3 is 25.7 Å². The highest BCUT2D eigenvalue weighted by Crippen LogP contribution is 2.43. The molecule has 0 aliphatic carbocycles. The topological polar surface area (TPSA) is 155 Å². The van der Waals surface area contributed by atoms with Crippen LogP contribution in [0.5, 0.6) is 0 Å². The van der Waals surface area contributed by atoms with E-state index in [0.717, 1.165) is 116 Å². The number of ether oxygens (including phenoxy) is 3. The average Bonchev–Trinajstić information content (AvgIpc) is 3.30. The van der Waals surface area contributed by atoms with Gasteiger partial charge in [0.05, 0.1) is 19.8 Å². The van der Waals surface area contributed by atoms with Crippen LogP contribution in [0.3, 0.4) is 0 Å². The van der Waals surface area contributed by atoms with Crippen LogP contribution in [0.4, 0.5) is 0 Å². The van der Waals surface area contributed by atoms with Gasteiger partial charge in [0.1, 0.15) is 12.7 Å². The summed E-state index contributed by atoms with van der Waals surface area (Å²) in [6, 6.07) is 0. The molecule has 3 unspecified atom stereocenters. The zero-order valence-corrected chi connectivity index (χ0v) is 42.3. The molecule has 2 N–H and O–H groups in total. The first-order valence-corrected chi connectivity index (χ1v) is 27.0. The minimum Gasteiger partial charge on any atom is -0.462 e. The van der Waals surface area contributed by atoms with Gasteiger partial charge < -0.3 is 24.2 Å². The Hall–Kier alpha value is -3.34. The van der Waals surface area contributed by atoms with Crippen molar-refractivity contribution in [3.05, 3.63) is 85.1 Å². The van der Waals surface area contributed by atoms with Gasteiger partial charge in [0.25, 0.3) is 0 Å². The van der Waals surface area contributed by atoms with Gasteiger partial charge in [-0.1, -0.05) is 157 Å². The van der Waals surface area contributed by atoms with Crippen molar-refractivity contribution in [2.24, 2.45) is 0 Å². The summed E-state index contributed by atoms with van der Waals surface area (Å²) in [5.74, 6) is -1.55. The van der Waals surface area contributed by atoms with Crippen LogP contribution in [0.25, 0.3) is 0 Å². The molecule has 0 saturated heterocycles. The van der Waals surface area contributed by atoms with E-state index < -0.39 is 57.8 Å². The van der Waals surface area contributed by atoms with E-state index in [4.69, 9.17) is 23.3 Å². The summed E-state index contributed by atoms with van der Waals surface area (Å²) in [5, 5.41) is 9.76. The second-order valence-electron chi connectivity index (χ2n) is 16.6. The van der Waals surface area contributed by atoms with Gasteiger partial charge in [-0.3, -0.25) is 23.4 Å². The van der Waals surface area contributed by atoms with Gasteiger partial charge in [0.15, 0.2) is 6.10 Å². The van der Waals surface area contributed by atoms with E-state index in [2.05, 4.69) is 106 Å². The van der Waals surface area contributed by atoms with Crippen molar-refractivity contribution in [2.75, 3.05) is 26.4 Å². The van der Waals surface area contributed by atoms with Crippen LogP contribution in [-0.2, 0) is 42.2 Å². The smallest absolute Gasteiger partial charge is 0.462 e. The molecule has 0 aromatic heterocycles. The van der Waals surface area contributed by atoms with E-state index in [0.29, 0.717) is 19.3 Å². The van der Waals surface area contributed by atoms with E-state index in [1.807, 2.05) is 0 Å². The maximum absolute atomic E-state index is 12.8. The van der Waals surface area contributed by atoms with Crippen LogP contribution in [0.15, 0.2) is 85.1 Å². The molecule has 0 heterocycles. The second kappa shape index (κ2) is 48.1. The molecule has 0 aromatic carbocycles. The number of unbranched alkanes of at least 4 members (excludes halogenated alkanes) is 15. The summed E-state index contributed by atoms with van der Waals surface area (Å²) < 4.78 is 39.2. The van der Waals surface area contributed by atoms with E-state index in [9.17, 15) is 28.9 Å². The van der Waals surface area contributed by atoms with Gasteiger partial charge in [-0.05, 0) is 109 Å². The monoisotopic (exact) mass is 947 g/mol. The average molecular weight is 947 g/mol. The Balaban J connectivity index is 4.83. The number of aliphatic hydroxyl groups excluding tert-OH is 1. The van der Waals surface area contributed by atoms with Gasteiger partial charge in [-0.2, -0.15) is 0 Å². The second-order valence-corrected chi connectivity index (χ2v) is 18.0. The number of hydrogen-bond acceptors (Lipinski definition) is 10. The Bertz CT molecular complexity index is 1430. The number of phosphoric acid groups is 1. The van der Waals surface area contributed by atoms with Crippen molar-refractivity contribution in [1.82, 2.24) is 0 Å². The molecule has 0 aliphatic rings. The van der Waals surface area contributed by atoms with Crippen molar-refractivity contribution in [3.63, 3.8) is 0 Å². The normalized spacial score (nSPS) is 14.2. The molecule has 0 aliphatic heterocycles. The van der Waals surface area contributed by atoms with Gasteiger partial charge in [0, 0.05) is 19.3 Å². The number of allylic oxidation sites excluding steroid dienone is 14. The molecule has 0 rings (SSSR count). The first kappa shape index (κ1) is 62.7. The van der Waals surface area contributed by atoms with Crippen LogP contribution < -0.4 is 0 Å². The van der Waals surface area contributed by atoms with Crippen molar-refractivity contribution >= 4 is 25.7 Å². The Labute approximate surface area is 400 Å². The Kier molecular flexibility index (Phi) is 45.7.